The fraction of sp³-hybridized carbons (Fsp3) is 0.231. The van der Waals surface area contributed by atoms with Gasteiger partial charge in [-0.25, -0.2) is 17.5 Å². The van der Waals surface area contributed by atoms with Crippen molar-refractivity contribution in [1.29, 1.82) is 0 Å². The smallest absolute Gasteiger partial charge is 0.282 e. The van der Waals surface area contributed by atoms with E-state index in [0.717, 1.165) is 11.6 Å². The summed E-state index contributed by atoms with van der Waals surface area (Å²) in [5, 5.41) is 9.85. The minimum atomic E-state index is -3.91. The lowest BCUT2D eigenvalue weighted by atomic mass is 10.0. The molecular weight excluding hydrogens is 485 g/mol. The number of hydrogen-bond acceptors (Lipinski definition) is 5. The van der Waals surface area contributed by atoms with E-state index in [0.29, 0.717) is 30.2 Å². The first kappa shape index (κ1) is 23.8. The number of aromatic nitrogens is 2. The number of aromatic amines is 1. The minimum Gasteiger partial charge on any atom is -0.508 e. The van der Waals surface area contributed by atoms with Crippen LogP contribution in [-0.2, 0) is 23.0 Å². The number of carbonyl (C=O) groups excluding carboxylic acids is 1. The summed E-state index contributed by atoms with van der Waals surface area (Å²) in [7, 11) is -3.91. The highest BCUT2D eigenvalue weighted by molar-refractivity contribution is 7.91. The van der Waals surface area contributed by atoms with Gasteiger partial charge in [0.05, 0.1) is 11.8 Å². The normalized spacial score (nSPS) is 13.7. The van der Waals surface area contributed by atoms with Gasteiger partial charge in [0.15, 0.2) is 0 Å². The molecule has 4 aromatic rings. The van der Waals surface area contributed by atoms with Crippen LogP contribution in [0.4, 0.5) is 4.39 Å². The molecule has 0 bridgehead atoms. The zero-order chi connectivity index (χ0) is 25.6. The van der Waals surface area contributed by atoms with Crippen LogP contribution < -0.4 is 10.3 Å². The fourth-order valence-electron chi connectivity index (χ4n) is 4.40. The summed E-state index contributed by atoms with van der Waals surface area (Å²) >= 11 is 0. The van der Waals surface area contributed by atoms with Crippen LogP contribution in [0.3, 0.4) is 0 Å². The number of sulfonamides is 1. The van der Waals surface area contributed by atoms with E-state index in [1.54, 1.807) is 18.2 Å². The van der Waals surface area contributed by atoms with Crippen molar-refractivity contribution in [2.45, 2.75) is 38.0 Å². The lowest BCUT2D eigenvalue weighted by molar-refractivity contribution is 0.0974. The molecule has 2 aromatic carbocycles. The SMILES string of the molecule is CCc1ccc2c(c1)c(-c1ccc[nH]c1=O)c(C(=O)NS(=O)(=O)C1CC1)n2Cc1cc(O)ccc1F. The lowest BCUT2D eigenvalue weighted by Gasteiger charge is -2.14. The molecule has 10 heteroatoms. The maximum Gasteiger partial charge on any atom is 0.282 e. The van der Waals surface area contributed by atoms with Crippen molar-refractivity contribution in [3.8, 4) is 16.9 Å². The Kier molecular flexibility index (Phi) is 5.91. The molecule has 0 radical (unpaired) electrons. The highest BCUT2D eigenvalue weighted by Crippen LogP contribution is 2.36. The lowest BCUT2D eigenvalue weighted by Crippen LogP contribution is -2.35. The Hall–Kier alpha value is -3.92. The highest BCUT2D eigenvalue weighted by atomic mass is 32.2. The Morgan fingerprint density at radius 3 is 2.67 bits per heavy atom. The number of pyridine rings is 1. The summed E-state index contributed by atoms with van der Waals surface area (Å²) in [6.07, 6.45) is 3.07. The number of nitrogens with one attached hydrogen (secondary N) is 2. The number of phenols is 1. The highest BCUT2D eigenvalue weighted by Gasteiger charge is 2.38. The average Bonchev–Trinajstić information content (AvgIpc) is 3.66. The van der Waals surface area contributed by atoms with E-state index in [1.165, 1.54) is 22.9 Å². The van der Waals surface area contributed by atoms with Gasteiger partial charge < -0.3 is 14.7 Å². The predicted octanol–water partition coefficient (Wildman–Crippen LogP) is 3.67. The number of nitrogens with zero attached hydrogens (tertiary/aromatic N) is 1. The largest absolute Gasteiger partial charge is 0.508 e. The molecule has 5 rings (SSSR count). The second kappa shape index (κ2) is 8.94. The summed E-state index contributed by atoms with van der Waals surface area (Å²) in [5.41, 5.74) is 1.45. The van der Waals surface area contributed by atoms with Gasteiger partial charge in [0, 0.05) is 33.8 Å². The molecule has 2 heterocycles. The van der Waals surface area contributed by atoms with Crippen LogP contribution in [-0.4, -0.2) is 34.2 Å². The fourth-order valence-corrected chi connectivity index (χ4v) is 5.68. The molecule has 0 unspecified atom stereocenters. The molecular formula is C26H24FN3O5S. The molecule has 8 nitrogen and oxygen atoms in total. The van der Waals surface area contributed by atoms with Crippen molar-refractivity contribution in [3.63, 3.8) is 0 Å². The van der Waals surface area contributed by atoms with Crippen molar-refractivity contribution in [2.24, 2.45) is 0 Å². The van der Waals surface area contributed by atoms with Gasteiger partial charge in [0.2, 0.25) is 10.0 Å². The van der Waals surface area contributed by atoms with Crippen LogP contribution in [0.1, 0.15) is 41.4 Å². The van der Waals surface area contributed by atoms with E-state index < -0.39 is 32.6 Å². The minimum absolute atomic E-state index is 0.0816. The summed E-state index contributed by atoms with van der Waals surface area (Å²) in [5.74, 6) is -1.66. The van der Waals surface area contributed by atoms with Gasteiger partial charge in [-0.2, -0.15) is 0 Å². The quantitative estimate of drug-likeness (QED) is 0.351. The molecule has 1 fully saturated rings. The van der Waals surface area contributed by atoms with Crippen molar-refractivity contribution in [1.82, 2.24) is 14.3 Å². The van der Waals surface area contributed by atoms with Crippen molar-refractivity contribution in [3.05, 3.63) is 87.7 Å². The number of H-pyrrole nitrogens is 1. The van der Waals surface area contributed by atoms with Crippen LogP contribution in [0.2, 0.25) is 0 Å². The summed E-state index contributed by atoms with van der Waals surface area (Å²) in [4.78, 5) is 29.1. The summed E-state index contributed by atoms with van der Waals surface area (Å²) in [6.45, 7) is 1.78. The number of hydrogen-bond donors (Lipinski definition) is 3. The van der Waals surface area contributed by atoms with E-state index in [9.17, 15) is 27.5 Å². The third kappa shape index (κ3) is 4.28. The molecule has 3 N–H and O–H groups in total. The first-order valence-corrected chi connectivity index (χ1v) is 13.1. The maximum atomic E-state index is 14.7. The molecule has 186 valence electrons. The van der Waals surface area contributed by atoms with E-state index in [2.05, 4.69) is 9.71 Å². The van der Waals surface area contributed by atoms with Gasteiger partial charge in [0.25, 0.3) is 11.5 Å². The number of phenolic OH excluding ortho intramolecular Hbond substituents is 1. The van der Waals surface area contributed by atoms with E-state index in [-0.39, 0.29) is 34.7 Å². The maximum absolute atomic E-state index is 14.7. The number of carbonyl (C=O) groups is 1. The number of halogens is 1. The van der Waals surface area contributed by atoms with Crippen molar-refractivity contribution < 1.29 is 22.7 Å². The Morgan fingerprint density at radius 2 is 1.97 bits per heavy atom. The molecule has 0 spiro atoms. The average molecular weight is 510 g/mol. The third-order valence-electron chi connectivity index (χ3n) is 6.39. The van der Waals surface area contributed by atoms with E-state index in [1.807, 2.05) is 19.1 Å². The Morgan fingerprint density at radius 1 is 1.19 bits per heavy atom. The standard InChI is InChI=1S/C26H24FN3O5S/c1-2-15-5-10-22-20(12-15)23(19-4-3-11-28-25(19)32)24(26(33)29-36(34,35)18-7-8-18)30(22)14-16-13-17(31)6-9-21(16)27/h3-6,9-13,18,31H,2,7-8,14H2,1H3,(H,28,32)(H,29,33). The molecule has 36 heavy (non-hydrogen) atoms. The van der Waals surface area contributed by atoms with Crippen LogP contribution in [0.25, 0.3) is 22.0 Å². The van der Waals surface area contributed by atoms with Crippen LogP contribution in [0.5, 0.6) is 5.75 Å². The number of amides is 1. The monoisotopic (exact) mass is 509 g/mol. The van der Waals surface area contributed by atoms with E-state index >= 15 is 0 Å². The molecule has 1 saturated carbocycles. The number of benzene rings is 2. The van der Waals surface area contributed by atoms with Crippen LogP contribution in [0, 0.1) is 5.82 Å². The molecule has 2 aromatic heterocycles. The Labute approximate surface area is 206 Å². The number of fused-ring (bicyclic) bond motifs is 1. The number of aromatic hydroxyl groups is 1. The second-order valence-electron chi connectivity index (χ2n) is 8.88. The van der Waals surface area contributed by atoms with Gasteiger partial charge in [-0.3, -0.25) is 9.59 Å². The molecule has 1 aliphatic rings. The molecule has 1 amide bonds. The van der Waals surface area contributed by atoms with Gasteiger partial charge in [-0.1, -0.05) is 13.0 Å². The number of rotatable bonds is 7. The zero-order valence-electron chi connectivity index (χ0n) is 19.4. The van der Waals surface area contributed by atoms with Gasteiger partial charge in [-0.15, -0.1) is 0 Å². The van der Waals surface area contributed by atoms with Crippen LogP contribution >= 0.6 is 0 Å². The molecule has 0 saturated heterocycles. The molecule has 0 atom stereocenters. The van der Waals surface area contributed by atoms with Gasteiger partial charge in [0.1, 0.15) is 17.3 Å². The zero-order valence-corrected chi connectivity index (χ0v) is 20.2. The first-order valence-electron chi connectivity index (χ1n) is 11.6. The topological polar surface area (TPSA) is 121 Å². The third-order valence-corrected chi connectivity index (χ3v) is 8.21. The molecule has 1 aliphatic carbocycles. The Balaban J connectivity index is 1.82. The predicted molar refractivity (Wildman–Crippen MR) is 134 cm³/mol. The first-order chi connectivity index (χ1) is 17.2. The van der Waals surface area contributed by atoms with Gasteiger partial charge >= 0.3 is 0 Å². The van der Waals surface area contributed by atoms with E-state index in [4.69, 9.17) is 0 Å². The number of aryl methyl sites for hydroxylation is 1. The van der Waals surface area contributed by atoms with Gasteiger partial charge in [-0.05, 0) is 67.3 Å². The van der Waals surface area contributed by atoms with Crippen molar-refractivity contribution in [2.75, 3.05) is 0 Å². The second-order valence-corrected chi connectivity index (χ2v) is 10.8. The van der Waals surface area contributed by atoms with Crippen LogP contribution in [0.15, 0.2) is 59.5 Å². The summed E-state index contributed by atoms with van der Waals surface area (Å²) < 4.78 is 43.7. The van der Waals surface area contributed by atoms with Crippen molar-refractivity contribution >= 4 is 26.8 Å². The molecule has 0 aliphatic heterocycles. The summed E-state index contributed by atoms with van der Waals surface area (Å²) in [6, 6.07) is 12.2. The Bertz CT molecular complexity index is 1670.